The first-order chi connectivity index (χ1) is 23.4. The van der Waals surface area contributed by atoms with Crippen LogP contribution in [0, 0.1) is 11.3 Å². The number of rotatable bonds is 6. The molecule has 0 aliphatic heterocycles. The van der Waals surface area contributed by atoms with Crippen molar-refractivity contribution < 1.29 is 0 Å². The number of hydrogen-bond acceptors (Lipinski definition) is 3. The molecule has 2 N–H and O–H groups in total. The SMILES string of the molecule is CC1(C)c2ccccc2-c2cc3c(cc21)c1ccccc1n3-c1cccc(/C=N/C(=C\C(N)c2cccc(C#N)c2)c2ccccc2)c1. The van der Waals surface area contributed by atoms with Crippen LogP contribution >= 0.6 is 0 Å². The fraction of sp³-hybridized carbons (Fsp3) is 0.0909. The van der Waals surface area contributed by atoms with E-state index in [1.165, 1.54) is 44.1 Å². The maximum absolute atomic E-state index is 9.39. The molecule has 230 valence electrons. The number of benzene rings is 6. The Morgan fingerprint density at radius 1 is 0.729 bits per heavy atom. The van der Waals surface area contributed by atoms with Crippen molar-refractivity contribution in [3.05, 3.63) is 179 Å². The highest BCUT2D eigenvalue weighted by Gasteiger charge is 2.36. The summed E-state index contributed by atoms with van der Waals surface area (Å²) >= 11 is 0. The standard InChI is InChI=1S/C44H34N4/c1-44(2)38-20-8-6-18-34(38)36-25-43-37(24-39(36)44)35-19-7-9-21-42(35)48(43)33-17-11-13-30(23-33)28-47-41(31-14-4-3-5-15-31)26-40(46)32-16-10-12-29(22-32)27-45/h3-26,28,40H,46H2,1-2H3/b41-26-,47-28+. The summed E-state index contributed by atoms with van der Waals surface area (Å²) < 4.78 is 2.38. The molecule has 0 amide bonds. The normalized spacial score (nSPS) is 14.2. The van der Waals surface area contributed by atoms with Gasteiger partial charge in [-0.1, -0.05) is 111 Å². The van der Waals surface area contributed by atoms with E-state index in [0.717, 1.165) is 28.1 Å². The fourth-order valence-electron chi connectivity index (χ4n) is 7.23. The molecule has 6 aromatic carbocycles. The molecular weight excluding hydrogens is 585 g/mol. The second-order valence-corrected chi connectivity index (χ2v) is 13.0. The first kappa shape index (κ1) is 29.4. The molecule has 1 aliphatic rings. The van der Waals surface area contributed by atoms with Gasteiger partial charge in [-0.05, 0) is 87.5 Å². The summed E-state index contributed by atoms with van der Waals surface area (Å²) in [5.41, 5.74) is 19.5. The van der Waals surface area contributed by atoms with E-state index < -0.39 is 6.04 Å². The number of nitrogens with zero attached hydrogens (tertiary/aromatic N) is 3. The Kier molecular flexibility index (Phi) is 7.13. The lowest BCUT2D eigenvalue weighted by Gasteiger charge is -2.21. The molecule has 0 saturated carbocycles. The lowest BCUT2D eigenvalue weighted by molar-refractivity contribution is 0.661. The van der Waals surface area contributed by atoms with Crippen LogP contribution < -0.4 is 5.73 Å². The van der Waals surface area contributed by atoms with Crippen molar-refractivity contribution in [2.24, 2.45) is 10.7 Å². The minimum Gasteiger partial charge on any atom is -0.321 e. The minimum atomic E-state index is -0.425. The van der Waals surface area contributed by atoms with E-state index in [0.29, 0.717) is 5.56 Å². The largest absolute Gasteiger partial charge is 0.321 e. The summed E-state index contributed by atoms with van der Waals surface area (Å²) in [5.74, 6) is 0. The number of hydrogen-bond donors (Lipinski definition) is 1. The first-order valence-corrected chi connectivity index (χ1v) is 16.3. The number of aromatic nitrogens is 1. The van der Waals surface area contributed by atoms with Crippen LogP contribution in [0.1, 0.15) is 53.3 Å². The molecule has 0 saturated heterocycles. The minimum absolute atomic E-state index is 0.0647. The Bertz CT molecular complexity index is 2450. The highest BCUT2D eigenvalue weighted by Crippen LogP contribution is 2.50. The lowest BCUT2D eigenvalue weighted by atomic mass is 9.82. The molecule has 1 atom stereocenters. The second-order valence-electron chi connectivity index (χ2n) is 13.0. The average Bonchev–Trinajstić information content (AvgIpc) is 3.57. The van der Waals surface area contributed by atoms with Crippen LogP contribution in [0.2, 0.25) is 0 Å². The lowest BCUT2D eigenvalue weighted by Crippen LogP contribution is -2.14. The molecule has 1 heterocycles. The van der Waals surface area contributed by atoms with Crippen LogP contribution in [0.4, 0.5) is 0 Å². The van der Waals surface area contributed by atoms with E-state index in [-0.39, 0.29) is 5.41 Å². The number of nitrogens with two attached hydrogens (primary N) is 1. The smallest absolute Gasteiger partial charge is 0.0991 e. The zero-order chi connectivity index (χ0) is 32.8. The van der Waals surface area contributed by atoms with E-state index in [9.17, 15) is 5.26 Å². The average molecular weight is 619 g/mol. The van der Waals surface area contributed by atoms with Gasteiger partial charge in [0.25, 0.3) is 0 Å². The molecule has 8 rings (SSSR count). The molecule has 4 heteroatoms. The Morgan fingerprint density at radius 3 is 2.35 bits per heavy atom. The van der Waals surface area contributed by atoms with Gasteiger partial charge in [0.1, 0.15) is 0 Å². The van der Waals surface area contributed by atoms with Gasteiger partial charge in [0.05, 0.1) is 34.4 Å². The zero-order valence-electron chi connectivity index (χ0n) is 26.9. The van der Waals surface area contributed by atoms with Crippen molar-refractivity contribution in [2.45, 2.75) is 25.3 Å². The van der Waals surface area contributed by atoms with E-state index >= 15 is 0 Å². The third-order valence-electron chi connectivity index (χ3n) is 9.66. The van der Waals surface area contributed by atoms with Crippen LogP contribution in [-0.2, 0) is 5.41 Å². The van der Waals surface area contributed by atoms with E-state index in [4.69, 9.17) is 10.7 Å². The number of aliphatic imine (C=N–C) groups is 1. The van der Waals surface area contributed by atoms with Gasteiger partial charge in [0.2, 0.25) is 0 Å². The zero-order valence-corrected chi connectivity index (χ0v) is 26.9. The molecule has 1 aliphatic carbocycles. The summed E-state index contributed by atoms with van der Waals surface area (Å²) in [7, 11) is 0. The van der Waals surface area contributed by atoms with Gasteiger partial charge in [0.15, 0.2) is 0 Å². The summed E-state index contributed by atoms with van der Waals surface area (Å²) in [6.45, 7) is 4.67. The van der Waals surface area contributed by atoms with Crippen LogP contribution in [0.25, 0.3) is 44.3 Å². The fourth-order valence-corrected chi connectivity index (χ4v) is 7.23. The number of nitriles is 1. The predicted molar refractivity (Wildman–Crippen MR) is 198 cm³/mol. The van der Waals surface area contributed by atoms with Crippen LogP contribution in [-0.4, -0.2) is 10.8 Å². The maximum atomic E-state index is 9.39. The first-order valence-electron chi connectivity index (χ1n) is 16.3. The summed E-state index contributed by atoms with van der Waals surface area (Å²) in [6, 6.07) is 50.1. The molecular formula is C44H34N4. The summed E-state index contributed by atoms with van der Waals surface area (Å²) in [6.07, 6.45) is 3.87. The van der Waals surface area contributed by atoms with Crippen molar-refractivity contribution in [3.8, 4) is 22.9 Å². The molecule has 1 unspecified atom stereocenters. The predicted octanol–water partition coefficient (Wildman–Crippen LogP) is 10.1. The van der Waals surface area contributed by atoms with Gasteiger partial charge < -0.3 is 10.3 Å². The second kappa shape index (κ2) is 11.7. The Balaban J connectivity index is 1.23. The number of para-hydroxylation sites is 1. The molecule has 7 aromatic rings. The Hall–Kier alpha value is -6.02. The molecule has 4 nitrogen and oxygen atoms in total. The summed E-state index contributed by atoms with van der Waals surface area (Å²) in [4.78, 5) is 4.99. The molecule has 0 radical (unpaired) electrons. The highest BCUT2D eigenvalue weighted by molar-refractivity contribution is 6.11. The Labute approximate surface area is 280 Å². The highest BCUT2D eigenvalue weighted by atomic mass is 15.0. The molecule has 0 fully saturated rings. The molecule has 1 aromatic heterocycles. The van der Waals surface area contributed by atoms with Crippen molar-refractivity contribution >= 4 is 33.7 Å². The van der Waals surface area contributed by atoms with Crippen molar-refractivity contribution in [1.82, 2.24) is 4.57 Å². The molecule has 0 spiro atoms. The van der Waals surface area contributed by atoms with Crippen molar-refractivity contribution in [3.63, 3.8) is 0 Å². The van der Waals surface area contributed by atoms with Gasteiger partial charge in [-0.25, -0.2) is 0 Å². The van der Waals surface area contributed by atoms with Crippen LogP contribution in [0.5, 0.6) is 0 Å². The van der Waals surface area contributed by atoms with Crippen LogP contribution in [0.15, 0.2) is 151 Å². The van der Waals surface area contributed by atoms with E-state index in [2.05, 4.69) is 109 Å². The maximum Gasteiger partial charge on any atom is 0.0991 e. The molecule has 0 bridgehead atoms. The van der Waals surface area contributed by atoms with Gasteiger partial charge in [-0.3, -0.25) is 4.99 Å². The van der Waals surface area contributed by atoms with Gasteiger partial charge in [-0.2, -0.15) is 5.26 Å². The van der Waals surface area contributed by atoms with Gasteiger partial charge in [0, 0.05) is 28.1 Å². The monoisotopic (exact) mass is 618 g/mol. The quantitative estimate of drug-likeness (QED) is 0.189. The van der Waals surface area contributed by atoms with Gasteiger partial charge >= 0.3 is 0 Å². The Morgan fingerprint density at radius 2 is 1.50 bits per heavy atom. The van der Waals surface area contributed by atoms with Crippen molar-refractivity contribution in [2.75, 3.05) is 0 Å². The molecule has 48 heavy (non-hydrogen) atoms. The van der Waals surface area contributed by atoms with Gasteiger partial charge in [-0.15, -0.1) is 0 Å². The van der Waals surface area contributed by atoms with E-state index in [1.54, 1.807) is 6.07 Å². The third-order valence-corrected chi connectivity index (χ3v) is 9.66. The summed E-state index contributed by atoms with van der Waals surface area (Å²) in [5, 5.41) is 11.9. The topological polar surface area (TPSA) is 67.1 Å². The van der Waals surface area contributed by atoms with E-state index in [1.807, 2.05) is 60.8 Å². The van der Waals surface area contributed by atoms with Crippen LogP contribution in [0.3, 0.4) is 0 Å². The van der Waals surface area contributed by atoms with Crippen molar-refractivity contribution in [1.29, 1.82) is 5.26 Å². The number of fused-ring (bicyclic) bond motifs is 6. The third kappa shape index (κ3) is 4.93.